The van der Waals surface area contributed by atoms with Crippen LogP contribution in [-0.2, 0) is 0 Å². The van der Waals surface area contributed by atoms with Crippen molar-refractivity contribution >= 4 is 11.6 Å². The molecular weight excluding hydrogens is 262 g/mol. The molecule has 0 aromatic heterocycles. The molecule has 2 atom stereocenters. The number of amides is 1. The average Bonchev–Trinajstić information content (AvgIpc) is 2.92. The molecule has 1 aromatic rings. The van der Waals surface area contributed by atoms with E-state index in [4.69, 9.17) is 0 Å². The second-order valence-corrected chi connectivity index (χ2v) is 6.40. The molecule has 1 amide bonds. The van der Waals surface area contributed by atoms with E-state index < -0.39 is 0 Å². The van der Waals surface area contributed by atoms with Gasteiger partial charge in [-0.25, -0.2) is 0 Å². The topological polar surface area (TPSA) is 35.6 Å². The van der Waals surface area contributed by atoms with Crippen molar-refractivity contribution in [3.63, 3.8) is 0 Å². The lowest BCUT2D eigenvalue weighted by Gasteiger charge is -2.42. The molecule has 2 fully saturated rings. The molecule has 2 aliphatic rings. The highest BCUT2D eigenvalue weighted by atomic mass is 16.2. The van der Waals surface area contributed by atoms with E-state index in [1.807, 2.05) is 25.2 Å². The van der Waals surface area contributed by atoms with Gasteiger partial charge in [-0.15, -0.1) is 0 Å². The molecule has 2 heterocycles. The predicted octanol–water partition coefficient (Wildman–Crippen LogP) is 2.35. The number of piperazine rings is 1. The standard InChI is InChI=1S/C17H25N3O/c1-12-6-7-15(16(9-12)18-3)17(21)20-11-14-5-4-8-19(14)10-13(20)2/h6-7,9,13-14,18H,4-5,8,10-11H2,1-3H3. The number of benzene rings is 1. The summed E-state index contributed by atoms with van der Waals surface area (Å²) in [4.78, 5) is 17.6. The fraction of sp³-hybridized carbons (Fsp3) is 0.588. The summed E-state index contributed by atoms with van der Waals surface area (Å²) in [6.45, 7) is 7.30. The van der Waals surface area contributed by atoms with Gasteiger partial charge in [-0.2, -0.15) is 0 Å². The number of anilines is 1. The zero-order chi connectivity index (χ0) is 15.0. The van der Waals surface area contributed by atoms with Crippen molar-refractivity contribution in [2.24, 2.45) is 0 Å². The van der Waals surface area contributed by atoms with E-state index in [1.165, 1.54) is 24.9 Å². The smallest absolute Gasteiger partial charge is 0.256 e. The zero-order valence-electron chi connectivity index (χ0n) is 13.2. The van der Waals surface area contributed by atoms with Crippen molar-refractivity contribution in [3.05, 3.63) is 29.3 Å². The van der Waals surface area contributed by atoms with Gasteiger partial charge in [-0.05, 0) is 50.9 Å². The Labute approximate surface area is 127 Å². The van der Waals surface area contributed by atoms with Gasteiger partial charge >= 0.3 is 0 Å². The molecule has 0 aliphatic carbocycles. The molecule has 0 saturated carbocycles. The van der Waals surface area contributed by atoms with E-state index in [2.05, 4.69) is 29.0 Å². The third-order valence-corrected chi connectivity index (χ3v) is 4.87. The Bertz CT molecular complexity index is 543. The predicted molar refractivity (Wildman–Crippen MR) is 85.8 cm³/mol. The first-order valence-electron chi connectivity index (χ1n) is 7.93. The number of carbonyl (C=O) groups is 1. The number of hydrogen-bond donors (Lipinski definition) is 1. The molecule has 0 spiro atoms. The van der Waals surface area contributed by atoms with E-state index >= 15 is 0 Å². The molecule has 0 bridgehead atoms. The molecule has 114 valence electrons. The first-order valence-corrected chi connectivity index (χ1v) is 7.93. The Morgan fingerprint density at radius 3 is 2.90 bits per heavy atom. The average molecular weight is 287 g/mol. The van der Waals surface area contributed by atoms with Crippen LogP contribution < -0.4 is 5.32 Å². The zero-order valence-corrected chi connectivity index (χ0v) is 13.2. The largest absolute Gasteiger partial charge is 0.387 e. The molecule has 4 nitrogen and oxygen atoms in total. The third kappa shape index (κ3) is 2.64. The quantitative estimate of drug-likeness (QED) is 0.907. The molecule has 4 heteroatoms. The number of fused-ring (bicyclic) bond motifs is 1. The summed E-state index contributed by atoms with van der Waals surface area (Å²) >= 11 is 0. The molecule has 0 radical (unpaired) electrons. The van der Waals surface area contributed by atoms with Crippen molar-refractivity contribution in [3.8, 4) is 0 Å². The Morgan fingerprint density at radius 2 is 2.14 bits per heavy atom. The second kappa shape index (κ2) is 5.68. The lowest BCUT2D eigenvalue weighted by Crippen LogP contribution is -2.56. The highest BCUT2D eigenvalue weighted by molar-refractivity contribution is 6.00. The van der Waals surface area contributed by atoms with Crippen LogP contribution in [-0.4, -0.2) is 54.5 Å². The van der Waals surface area contributed by atoms with Crippen molar-refractivity contribution in [1.82, 2.24) is 9.80 Å². The maximum atomic E-state index is 13.0. The molecule has 21 heavy (non-hydrogen) atoms. The van der Waals surface area contributed by atoms with Crippen LogP contribution in [0.4, 0.5) is 5.69 Å². The van der Waals surface area contributed by atoms with E-state index in [0.29, 0.717) is 6.04 Å². The van der Waals surface area contributed by atoms with Crippen molar-refractivity contribution in [1.29, 1.82) is 0 Å². The van der Waals surface area contributed by atoms with Gasteiger partial charge in [-0.3, -0.25) is 9.69 Å². The summed E-state index contributed by atoms with van der Waals surface area (Å²) < 4.78 is 0. The fourth-order valence-electron chi connectivity index (χ4n) is 3.68. The lowest BCUT2D eigenvalue weighted by atomic mass is 10.0. The fourth-order valence-corrected chi connectivity index (χ4v) is 3.68. The Morgan fingerprint density at radius 1 is 1.33 bits per heavy atom. The summed E-state index contributed by atoms with van der Waals surface area (Å²) in [5, 5.41) is 3.16. The molecule has 1 N–H and O–H groups in total. The van der Waals surface area contributed by atoms with Gasteiger partial charge in [0.1, 0.15) is 0 Å². The van der Waals surface area contributed by atoms with Gasteiger partial charge in [0, 0.05) is 37.9 Å². The number of nitrogens with zero attached hydrogens (tertiary/aromatic N) is 2. The monoisotopic (exact) mass is 287 g/mol. The molecular formula is C17H25N3O. The van der Waals surface area contributed by atoms with Crippen LogP contribution in [0.1, 0.15) is 35.7 Å². The van der Waals surface area contributed by atoms with Crippen LogP contribution in [0.5, 0.6) is 0 Å². The minimum atomic E-state index is 0.165. The minimum absolute atomic E-state index is 0.165. The molecule has 2 unspecified atom stereocenters. The number of aryl methyl sites for hydroxylation is 1. The van der Waals surface area contributed by atoms with Crippen molar-refractivity contribution in [2.75, 3.05) is 32.0 Å². The van der Waals surface area contributed by atoms with Crippen LogP contribution in [0, 0.1) is 6.92 Å². The van der Waals surface area contributed by atoms with Gasteiger partial charge < -0.3 is 10.2 Å². The summed E-state index contributed by atoms with van der Waals surface area (Å²) in [6, 6.07) is 6.87. The van der Waals surface area contributed by atoms with Crippen LogP contribution in [0.15, 0.2) is 18.2 Å². The number of carbonyl (C=O) groups excluding carboxylic acids is 1. The van der Waals surface area contributed by atoms with Gasteiger partial charge in [0.05, 0.1) is 5.56 Å². The molecule has 2 saturated heterocycles. The van der Waals surface area contributed by atoms with Gasteiger partial charge in [0.25, 0.3) is 5.91 Å². The van der Waals surface area contributed by atoms with Gasteiger partial charge in [-0.1, -0.05) is 6.07 Å². The first kappa shape index (κ1) is 14.4. The van der Waals surface area contributed by atoms with Crippen LogP contribution in [0.25, 0.3) is 0 Å². The van der Waals surface area contributed by atoms with Crippen molar-refractivity contribution < 1.29 is 4.79 Å². The lowest BCUT2D eigenvalue weighted by molar-refractivity contribution is 0.0396. The molecule has 2 aliphatic heterocycles. The number of hydrogen-bond acceptors (Lipinski definition) is 3. The number of rotatable bonds is 2. The van der Waals surface area contributed by atoms with Crippen LogP contribution in [0.3, 0.4) is 0 Å². The second-order valence-electron chi connectivity index (χ2n) is 6.40. The van der Waals surface area contributed by atoms with Crippen LogP contribution in [0.2, 0.25) is 0 Å². The minimum Gasteiger partial charge on any atom is -0.387 e. The number of nitrogens with one attached hydrogen (secondary N) is 1. The van der Waals surface area contributed by atoms with E-state index in [1.54, 1.807) is 0 Å². The highest BCUT2D eigenvalue weighted by Crippen LogP contribution is 2.27. The Balaban J connectivity index is 1.84. The third-order valence-electron chi connectivity index (χ3n) is 4.87. The van der Waals surface area contributed by atoms with E-state index in [-0.39, 0.29) is 11.9 Å². The summed E-state index contributed by atoms with van der Waals surface area (Å²) in [6.07, 6.45) is 2.50. The van der Waals surface area contributed by atoms with E-state index in [9.17, 15) is 4.79 Å². The van der Waals surface area contributed by atoms with Crippen LogP contribution >= 0.6 is 0 Å². The SMILES string of the molecule is CNc1cc(C)ccc1C(=O)N1CC2CCCN2CC1C. The Kier molecular flexibility index (Phi) is 3.89. The van der Waals surface area contributed by atoms with E-state index in [0.717, 1.165) is 24.3 Å². The Hall–Kier alpha value is -1.55. The van der Waals surface area contributed by atoms with Gasteiger partial charge in [0.2, 0.25) is 0 Å². The molecule has 3 rings (SSSR count). The molecule has 1 aromatic carbocycles. The maximum Gasteiger partial charge on any atom is 0.256 e. The summed E-state index contributed by atoms with van der Waals surface area (Å²) in [5.74, 6) is 0.165. The summed E-state index contributed by atoms with van der Waals surface area (Å²) in [7, 11) is 1.88. The normalized spacial score (nSPS) is 25.8. The maximum absolute atomic E-state index is 13.0. The first-order chi connectivity index (χ1) is 10.1. The summed E-state index contributed by atoms with van der Waals surface area (Å²) in [5.41, 5.74) is 2.90. The van der Waals surface area contributed by atoms with Gasteiger partial charge in [0.15, 0.2) is 0 Å². The highest BCUT2D eigenvalue weighted by Gasteiger charge is 2.37. The van der Waals surface area contributed by atoms with Crippen molar-refractivity contribution in [2.45, 2.75) is 38.8 Å².